The zero-order valence-corrected chi connectivity index (χ0v) is 18.1. The predicted octanol–water partition coefficient (Wildman–Crippen LogP) is 1.89. The molecule has 10 nitrogen and oxygen atoms in total. The van der Waals surface area contributed by atoms with E-state index in [-0.39, 0.29) is 41.2 Å². The molecule has 1 fully saturated rings. The van der Waals surface area contributed by atoms with E-state index in [4.69, 9.17) is 0 Å². The van der Waals surface area contributed by atoms with Crippen molar-refractivity contribution < 1.29 is 21.6 Å². The molecule has 172 valence electrons. The molecular formula is C18H21F3N8O2S. The normalized spacial score (nSPS) is 16.4. The lowest BCUT2D eigenvalue weighted by Gasteiger charge is -2.31. The third kappa shape index (κ3) is 4.46. The molecular weight excluding hydrogens is 449 g/mol. The molecule has 0 amide bonds. The number of nitrogens with zero attached hydrogens (tertiary/aromatic N) is 7. The van der Waals surface area contributed by atoms with Crippen LogP contribution in [0, 0.1) is 0 Å². The highest BCUT2D eigenvalue weighted by atomic mass is 32.2. The number of halogens is 3. The molecule has 0 radical (unpaired) electrons. The summed E-state index contributed by atoms with van der Waals surface area (Å²) in [5.41, 5.74) is -0.990. The summed E-state index contributed by atoms with van der Waals surface area (Å²) >= 11 is 0. The highest BCUT2D eigenvalue weighted by molar-refractivity contribution is 7.89. The Morgan fingerprint density at radius 2 is 1.69 bits per heavy atom. The van der Waals surface area contributed by atoms with Crippen LogP contribution in [0.1, 0.15) is 18.4 Å². The fourth-order valence-electron chi connectivity index (χ4n) is 3.53. The largest absolute Gasteiger partial charge is 0.419 e. The lowest BCUT2D eigenvalue weighted by atomic mass is 10.1. The van der Waals surface area contributed by atoms with E-state index in [0.717, 1.165) is 6.20 Å². The maximum Gasteiger partial charge on any atom is 0.419 e. The van der Waals surface area contributed by atoms with Gasteiger partial charge in [0.05, 0.1) is 18.1 Å². The lowest BCUT2D eigenvalue weighted by Crippen LogP contribution is -2.42. The fraction of sp³-hybridized carbons (Fsp3) is 0.444. The van der Waals surface area contributed by atoms with Crippen molar-refractivity contribution in [3.8, 4) is 11.3 Å². The second-order valence-corrected chi connectivity index (χ2v) is 9.47. The summed E-state index contributed by atoms with van der Waals surface area (Å²) in [6.07, 6.45) is 2.53. The highest BCUT2D eigenvalue weighted by Gasteiger charge is 2.36. The number of hydrogen-bond acceptors (Lipinski definition) is 7. The van der Waals surface area contributed by atoms with Crippen LogP contribution in [-0.2, 0) is 30.3 Å². The summed E-state index contributed by atoms with van der Waals surface area (Å²) in [4.78, 5) is 8.06. The Balaban J connectivity index is 1.48. The van der Waals surface area contributed by atoms with Crippen LogP contribution >= 0.6 is 0 Å². The quantitative estimate of drug-likeness (QED) is 0.606. The number of anilines is 1. The van der Waals surface area contributed by atoms with Gasteiger partial charge in [0.2, 0.25) is 16.0 Å². The van der Waals surface area contributed by atoms with Gasteiger partial charge in [-0.25, -0.2) is 18.4 Å². The number of rotatable bonds is 5. The van der Waals surface area contributed by atoms with Gasteiger partial charge in [-0.1, -0.05) is 0 Å². The van der Waals surface area contributed by atoms with Crippen LogP contribution in [0.3, 0.4) is 0 Å². The number of hydrogen-bond donors (Lipinski definition) is 1. The van der Waals surface area contributed by atoms with Gasteiger partial charge in [-0.15, -0.1) is 0 Å². The predicted molar refractivity (Wildman–Crippen MR) is 108 cm³/mol. The molecule has 1 N–H and O–H groups in total. The molecule has 4 heterocycles. The molecule has 3 aromatic heterocycles. The Labute approximate surface area is 182 Å². The van der Waals surface area contributed by atoms with Gasteiger partial charge in [0.15, 0.2) is 0 Å². The molecule has 4 rings (SSSR count). The summed E-state index contributed by atoms with van der Waals surface area (Å²) in [5.74, 6) is 0.0467. The summed E-state index contributed by atoms with van der Waals surface area (Å²) in [5, 5.41) is 10.9. The molecule has 0 saturated carbocycles. The standard InChI is InChI=1S/C18H21F3N8O2S/c1-27-10-12(7-23-27)16-15(18(19,20)21)9-22-17(26-16)25-13-3-5-29(6-4-13)32(30,31)14-8-24-28(2)11-14/h7-11,13H,3-6H2,1-2H3,(H,22,25,26). The smallest absolute Gasteiger partial charge is 0.351 e. The molecule has 0 spiro atoms. The van der Waals surface area contributed by atoms with Crippen molar-refractivity contribution in [1.29, 1.82) is 0 Å². The van der Waals surface area contributed by atoms with Gasteiger partial charge < -0.3 is 5.32 Å². The van der Waals surface area contributed by atoms with E-state index in [2.05, 4.69) is 25.5 Å². The molecule has 1 aliphatic rings. The van der Waals surface area contributed by atoms with E-state index in [1.54, 1.807) is 14.1 Å². The van der Waals surface area contributed by atoms with Crippen LogP contribution in [0.15, 0.2) is 35.9 Å². The lowest BCUT2D eigenvalue weighted by molar-refractivity contribution is -0.137. The molecule has 0 aliphatic carbocycles. The van der Waals surface area contributed by atoms with Crippen LogP contribution < -0.4 is 5.32 Å². The van der Waals surface area contributed by atoms with Crippen molar-refractivity contribution in [2.45, 2.75) is 30.0 Å². The molecule has 0 aromatic carbocycles. The first kappa shape index (κ1) is 22.2. The summed E-state index contributed by atoms with van der Waals surface area (Å²) in [6.45, 7) is 0.510. The Hall–Kier alpha value is -3.00. The number of aromatic nitrogens is 6. The van der Waals surface area contributed by atoms with Crippen LogP contribution in [-0.4, -0.2) is 61.4 Å². The van der Waals surface area contributed by atoms with E-state index in [9.17, 15) is 21.6 Å². The Bertz CT molecular complexity index is 1210. The third-order valence-electron chi connectivity index (χ3n) is 5.18. The Kier molecular flexibility index (Phi) is 5.67. The van der Waals surface area contributed by atoms with Crippen LogP contribution in [0.4, 0.5) is 19.1 Å². The summed E-state index contributed by atoms with van der Waals surface area (Å²) in [6, 6.07) is -0.186. The fourth-order valence-corrected chi connectivity index (χ4v) is 4.98. The monoisotopic (exact) mass is 470 g/mol. The van der Waals surface area contributed by atoms with E-state index in [0.29, 0.717) is 12.8 Å². The van der Waals surface area contributed by atoms with Gasteiger partial charge in [-0.3, -0.25) is 9.36 Å². The first-order valence-corrected chi connectivity index (χ1v) is 11.2. The summed E-state index contributed by atoms with van der Waals surface area (Å²) in [7, 11) is -0.404. The zero-order valence-electron chi connectivity index (χ0n) is 17.3. The highest BCUT2D eigenvalue weighted by Crippen LogP contribution is 2.36. The molecule has 0 unspecified atom stereocenters. The van der Waals surface area contributed by atoms with Crippen LogP contribution in [0.25, 0.3) is 11.3 Å². The maximum absolute atomic E-state index is 13.4. The van der Waals surface area contributed by atoms with Crippen molar-refractivity contribution in [2.75, 3.05) is 18.4 Å². The molecule has 1 saturated heterocycles. The second kappa shape index (κ2) is 8.16. The molecule has 32 heavy (non-hydrogen) atoms. The zero-order chi connectivity index (χ0) is 23.1. The minimum Gasteiger partial charge on any atom is -0.351 e. The van der Waals surface area contributed by atoms with Crippen molar-refractivity contribution in [2.24, 2.45) is 14.1 Å². The van der Waals surface area contributed by atoms with Gasteiger partial charge in [0.25, 0.3) is 0 Å². The first-order chi connectivity index (χ1) is 15.0. The van der Waals surface area contributed by atoms with Gasteiger partial charge in [-0.05, 0) is 12.8 Å². The number of alkyl halides is 3. The van der Waals surface area contributed by atoms with Crippen molar-refractivity contribution >= 4 is 16.0 Å². The number of aryl methyl sites for hydroxylation is 2. The molecule has 0 atom stereocenters. The van der Waals surface area contributed by atoms with Crippen molar-refractivity contribution in [1.82, 2.24) is 33.8 Å². The van der Waals surface area contributed by atoms with Gasteiger partial charge >= 0.3 is 6.18 Å². The van der Waals surface area contributed by atoms with Gasteiger partial charge in [0.1, 0.15) is 10.5 Å². The number of nitrogens with one attached hydrogen (secondary N) is 1. The summed E-state index contributed by atoms with van der Waals surface area (Å²) < 4.78 is 69.9. The van der Waals surface area contributed by atoms with E-state index in [1.807, 2.05) is 0 Å². The molecule has 14 heteroatoms. The molecule has 0 bridgehead atoms. The third-order valence-corrected chi connectivity index (χ3v) is 7.03. The topological polar surface area (TPSA) is 111 Å². The minimum absolute atomic E-state index is 0.0467. The van der Waals surface area contributed by atoms with E-state index in [1.165, 1.54) is 38.5 Å². The average molecular weight is 470 g/mol. The van der Waals surface area contributed by atoms with Gasteiger partial charge in [-0.2, -0.15) is 27.7 Å². The van der Waals surface area contributed by atoms with E-state index >= 15 is 0 Å². The molecule has 3 aromatic rings. The van der Waals surface area contributed by atoms with Crippen LogP contribution in [0.2, 0.25) is 0 Å². The minimum atomic E-state index is -4.62. The average Bonchev–Trinajstić information content (AvgIpc) is 3.36. The number of sulfonamides is 1. The van der Waals surface area contributed by atoms with Crippen LogP contribution in [0.5, 0.6) is 0 Å². The Morgan fingerprint density at radius 1 is 1.03 bits per heavy atom. The Morgan fingerprint density at radius 3 is 2.25 bits per heavy atom. The number of piperidine rings is 1. The SMILES string of the molecule is Cn1cc(-c2nc(NC3CCN(S(=O)(=O)c4cnn(C)c4)CC3)ncc2C(F)(F)F)cn1. The molecule has 1 aliphatic heterocycles. The first-order valence-electron chi connectivity index (χ1n) is 9.72. The van der Waals surface area contributed by atoms with Crippen molar-refractivity contribution in [3.05, 3.63) is 36.5 Å². The van der Waals surface area contributed by atoms with E-state index < -0.39 is 21.8 Å². The van der Waals surface area contributed by atoms with Gasteiger partial charge in [0, 0.05) is 57.4 Å². The van der Waals surface area contributed by atoms with Crippen molar-refractivity contribution in [3.63, 3.8) is 0 Å². The second-order valence-electron chi connectivity index (χ2n) is 7.53. The maximum atomic E-state index is 13.4.